The molecule has 1 fully saturated rings. The summed E-state index contributed by atoms with van der Waals surface area (Å²) in [5.74, 6) is 0.431. The van der Waals surface area contributed by atoms with Gasteiger partial charge in [-0.25, -0.2) is 0 Å². The third-order valence-electron chi connectivity index (χ3n) is 3.99. The van der Waals surface area contributed by atoms with E-state index in [-0.39, 0.29) is 0 Å². The number of rotatable bonds is 7. The van der Waals surface area contributed by atoms with E-state index in [0.29, 0.717) is 11.9 Å². The van der Waals surface area contributed by atoms with Gasteiger partial charge < -0.3 is 9.84 Å². The van der Waals surface area contributed by atoms with E-state index in [4.69, 9.17) is 4.74 Å². The van der Waals surface area contributed by atoms with E-state index in [2.05, 4.69) is 0 Å². The van der Waals surface area contributed by atoms with Gasteiger partial charge in [0.25, 0.3) is 0 Å². The second kappa shape index (κ2) is 8.21. The lowest BCUT2D eigenvalue weighted by molar-refractivity contribution is 0.0263. The van der Waals surface area contributed by atoms with E-state index in [0.717, 1.165) is 31.4 Å². The van der Waals surface area contributed by atoms with Crippen molar-refractivity contribution >= 4 is 0 Å². The van der Waals surface area contributed by atoms with Crippen molar-refractivity contribution in [2.75, 3.05) is 6.61 Å². The maximum atomic E-state index is 9.66. The van der Waals surface area contributed by atoms with Gasteiger partial charge in [-0.1, -0.05) is 43.9 Å². The first kappa shape index (κ1) is 14.4. The maximum absolute atomic E-state index is 9.66. The molecule has 0 atom stereocenters. The molecule has 1 N–H and O–H groups in total. The standard InChI is InChI=1S/C17H26O2/c18-17-13-7-6-10-15(17)9-3-2-8-14-19-16-11-4-1-5-12-16/h6-7,10,13,16,18H,1-5,8-9,11-12,14H2. The van der Waals surface area contributed by atoms with Crippen molar-refractivity contribution in [1.82, 2.24) is 0 Å². The van der Waals surface area contributed by atoms with E-state index < -0.39 is 0 Å². The minimum atomic E-state index is 0.431. The number of benzene rings is 1. The summed E-state index contributed by atoms with van der Waals surface area (Å²) < 4.78 is 5.91. The first-order valence-electron chi connectivity index (χ1n) is 7.75. The van der Waals surface area contributed by atoms with Gasteiger partial charge in [-0.15, -0.1) is 0 Å². The Hall–Kier alpha value is -1.02. The van der Waals surface area contributed by atoms with Gasteiger partial charge in [0, 0.05) is 6.61 Å². The molecule has 0 heterocycles. The van der Waals surface area contributed by atoms with Crippen molar-refractivity contribution in [3.05, 3.63) is 29.8 Å². The SMILES string of the molecule is Oc1ccccc1CCCCCOC1CCCCC1. The fraction of sp³-hybridized carbons (Fsp3) is 0.647. The van der Waals surface area contributed by atoms with E-state index >= 15 is 0 Å². The topological polar surface area (TPSA) is 29.5 Å². The molecule has 0 radical (unpaired) electrons. The van der Waals surface area contributed by atoms with Crippen molar-refractivity contribution in [3.8, 4) is 5.75 Å². The Morgan fingerprint density at radius 3 is 2.58 bits per heavy atom. The molecule has 1 aromatic carbocycles. The monoisotopic (exact) mass is 262 g/mol. The second-order valence-electron chi connectivity index (χ2n) is 5.57. The Kier molecular flexibility index (Phi) is 6.22. The quantitative estimate of drug-likeness (QED) is 0.735. The zero-order chi connectivity index (χ0) is 13.3. The third kappa shape index (κ3) is 5.23. The van der Waals surface area contributed by atoms with E-state index in [1.165, 1.54) is 38.5 Å². The molecule has 2 nitrogen and oxygen atoms in total. The van der Waals surface area contributed by atoms with Gasteiger partial charge in [0.15, 0.2) is 0 Å². The summed E-state index contributed by atoms with van der Waals surface area (Å²) in [6.07, 6.45) is 11.6. The summed E-state index contributed by atoms with van der Waals surface area (Å²) in [4.78, 5) is 0. The molecule has 0 amide bonds. The summed E-state index contributed by atoms with van der Waals surface area (Å²) in [6.45, 7) is 0.908. The van der Waals surface area contributed by atoms with Crippen molar-refractivity contribution in [2.24, 2.45) is 0 Å². The van der Waals surface area contributed by atoms with Crippen LogP contribution in [-0.2, 0) is 11.2 Å². The average molecular weight is 262 g/mol. The predicted octanol–water partition coefficient (Wildman–Crippen LogP) is 4.45. The molecule has 2 rings (SSSR count). The van der Waals surface area contributed by atoms with Gasteiger partial charge in [0.05, 0.1) is 6.10 Å². The van der Waals surface area contributed by atoms with E-state index in [1.807, 2.05) is 18.2 Å². The molecule has 2 heteroatoms. The van der Waals surface area contributed by atoms with Crippen LogP contribution in [0.5, 0.6) is 5.75 Å². The van der Waals surface area contributed by atoms with Gasteiger partial charge in [-0.05, 0) is 43.7 Å². The Balaban J connectivity index is 1.51. The number of hydrogen-bond donors (Lipinski definition) is 1. The summed E-state index contributed by atoms with van der Waals surface area (Å²) >= 11 is 0. The molecule has 0 aromatic heterocycles. The largest absolute Gasteiger partial charge is 0.508 e. The van der Waals surface area contributed by atoms with Crippen LogP contribution >= 0.6 is 0 Å². The van der Waals surface area contributed by atoms with Crippen LogP contribution in [0.2, 0.25) is 0 Å². The normalized spacial score (nSPS) is 16.6. The molecule has 106 valence electrons. The predicted molar refractivity (Wildman–Crippen MR) is 78.5 cm³/mol. The van der Waals surface area contributed by atoms with Crippen molar-refractivity contribution in [3.63, 3.8) is 0 Å². The van der Waals surface area contributed by atoms with Crippen LogP contribution in [0.4, 0.5) is 0 Å². The maximum Gasteiger partial charge on any atom is 0.118 e. The van der Waals surface area contributed by atoms with Crippen LogP contribution in [0.15, 0.2) is 24.3 Å². The van der Waals surface area contributed by atoms with Crippen LogP contribution in [-0.4, -0.2) is 17.8 Å². The molecule has 0 aliphatic heterocycles. The lowest BCUT2D eigenvalue weighted by Gasteiger charge is -2.21. The molecule has 1 aromatic rings. The fourth-order valence-corrected chi connectivity index (χ4v) is 2.80. The number of ether oxygens (including phenoxy) is 1. The van der Waals surface area contributed by atoms with Crippen LogP contribution in [0.25, 0.3) is 0 Å². The molecule has 1 saturated carbocycles. The highest BCUT2D eigenvalue weighted by molar-refractivity contribution is 5.31. The molecule has 0 unspecified atom stereocenters. The van der Waals surface area contributed by atoms with Gasteiger partial charge >= 0.3 is 0 Å². The number of aryl methyl sites for hydroxylation is 1. The molecule has 19 heavy (non-hydrogen) atoms. The number of hydrogen-bond acceptors (Lipinski definition) is 2. The summed E-state index contributed by atoms with van der Waals surface area (Å²) in [5.41, 5.74) is 1.07. The summed E-state index contributed by atoms with van der Waals surface area (Å²) in [7, 11) is 0. The molecule has 0 bridgehead atoms. The van der Waals surface area contributed by atoms with Crippen molar-refractivity contribution in [2.45, 2.75) is 63.9 Å². The number of aromatic hydroxyl groups is 1. The van der Waals surface area contributed by atoms with Crippen LogP contribution in [0, 0.1) is 0 Å². The van der Waals surface area contributed by atoms with Crippen LogP contribution < -0.4 is 0 Å². The highest BCUT2D eigenvalue weighted by atomic mass is 16.5. The highest BCUT2D eigenvalue weighted by Crippen LogP contribution is 2.21. The van der Waals surface area contributed by atoms with Gasteiger partial charge in [-0.3, -0.25) is 0 Å². The molecule has 1 aliphatic rings. The first-order chi connectivity index (χ1) is 9.36. The second-order valence-corrected chi connectivity index (χ2v) is 5.57. The minimum Gasteiger partial charge on any atom is -0.508 e. The Labute approximate surface area is 116 Å². The van der Waals surface area contributed by atoms with Gasteiger partial charge in [0.1, 0.15) is 5.75 Å². The van der Waals surface area contributed by atoms with Crippen LogP contribution in [0.3, 0.4) is 0 Å². The lowest BCUT2D eigenvalue weighted by Crippen LogP contribution is -2.17. The molecule has 0 saturated heterocycles. The molecule has 0 spiro atoms. The Bertz CT molecular complexity index is 356. The Morgan fingerprint density at radius 1 is 1.00 bits per heavy atom. The molecular weight excluding hydrogens is 236 g/mol. The number of unbranched alkanes of at least 4 members (excludes halogenated alkanes) is 2. The minimum absolute atomic E-state index is 0.431. The van der Waals surface area contributed by atoms with Crippen molar-refractivity contribution < 1.29 is 9.84 Å². The van der Waals surface area contributed by atoms with E-state index in [9.17, 15) is 5.11 Å². The zero-order valence-corrected chi connectivity index (χ0v) is 11.8. The highest BCUT2D eigenvalue weighted by Gasteiger charge is 2.12. The summed E-state index contributed by atoms with van der Waals surface area (Å²) in [6, 6.07) is 7.63. The molecule has 1 aliphatic carbocycles. The Morgan fingerprint density at radius 2 is 1.79 bits per heavy atom. The zero-order valence-electron chi connectivity index (χ0n) is 11.8. The van der Waals surface area contributed by atoms with Crippen molar-refractivity contribution in [1.29, 1.82) is 0 Å². The lowest BCUT2D eigenvalue weighted by atomic mass is 9.98. The first-order valence-corrected chi connectivity index (χ1v) is 7.75. The van der Waals surface area contributed by atoms with Gasteiger partial charge in [-0.2, -0.15) is 0 Å². The average Bonchev–Trinajstić information content (AvgIpc) is 2.45. The molecular formula is C17H26O2. The third-order valence-corrected chi connectivity index (χ3v) is 3.99. The number of phenolic OH excluding ortho intramolecular Hbond substituents is 1. The van der Waals surface area contributed by atoms with E-state index in [1.54, 1.807) is 6.07 Å². The number of para-hydroxylation sites is 1. The van der Waals surface area contributed by atoms with Gasteiger partial charge in [0.2, 0.25) is 0 Å². The smallest absolute Gasteiger partial charge is 0.118 e. The fourth-order valence-electron chi connectivity index (χ4n) is 2.80. The van der Waals surface area contributed by atoms with Crippen LogP contribution in [0.1, 0.15) is 56.9 Å². The number of phenols is 1. The summed E-state index contributed by atoms with van der Waals surface area (Å²) in [5, 5.41) is 9.66.